The maximum atomic E-state index is 11.0. The zero-order valence-electron chi connectivity index (χ0n) is 15.5. The SMILES string of the molecule is CN=C(NCCCc1ccc(Cl)cc1Cl)NC1CCN(CC(N)=O)CC1.I. The molecule has 27 heavy (non-hydrogen) atoms. The van der Waals surface area contributed by atoms with Crippen molar-refractivity contribution in [3.8, 4) is 0 Å². The molecule has 0 spiro atoms. The predicted octanol–water partition coefficient (Wildman–Crippen LogP) is 2.66. The predicted molar refractivity (Wildman–Crippen MR) is 123 cm³/mol. The fraction of sp³-hybridized carbons (Fsp3) is 0.556. The summed E-state index contributed by atoms with van der Waals surface area (Å²) in [7, 11) is 1.77. The van der Waals surface area contributed by atoms with E-state index in [1.54, 1.807) is 13.1 Å². The van der Waals surface area contributed by atoms with Crippen LogP contribution in [0.5, 0.6) is 0 Å². The second-order valence-corrected chi connectivity index (χ2v) is 7.34. The van der Waals surface area contributed by atoms with Crippen molar-refractivity contribution in [2.24, 2.45) is 10.7 Å². The highest BCUT2D eigenvalue weighted by atomic mass is 127. The topological polar surface area (TPSA) is 82.8 Å². The number of carbonyl (C=O) groups excluding carboxylic acids is 1. The Balaban J connectivity index is 0.00000364. The van der Waals surface area contributed by atoms with Crippen LogP contribution >= 0.6 is 47.2 Å². The molecule has 1 aromatic rings. The van der Waals surface area contributed by atoms with Gasteiger partial charge in [-0.15, -0.1) is 24.0 Å². The Morgan fingerprint density at radius 3 is 2.63 bits per heavy atom. The number of nitrogens with two attached hydrogens (primary N) is 1. The third kappa shape index (κ3) is 8.85. The van der Waals surface area contributed by atoms with Gasteiger partial charge < -0.3 is 16.4 Å². The highest BCUT2D eigenvalue weighted by molar-refractivity contribution is 14.0. The zero-order chi connectivity index (χ0) is 18.9. The number of amides is 1. The third-order valence-corrected chi connectivity index (χ3v) is 5.05. The van der Waals surface area contributed by atoms with Crippen molar-refractivity contribution in [2.75, 3.05) is 33.2 Å². The summed E-state index contributed by atoms with van der Waals surface area (Å²) >= 11 is 12.1. The summed E-state index contributed by atoms with van der Waals surface area (Å²) < 4.78 is 0. The van der Waals surface area contributed by atoms with Gasteiger partial charge in [-0.3, -0.25) is 14.7 Å². The number of aliphatic imine (C=N–C) groups is 1. The molecule has 0 bridgehead atoms. The first-order valence-corrected chi connectivity index (χ1v) is 9.65. The van der Waals surface area contributed by atoms with E-state index < -0.39 is 0 Å². The monoisotopic (exact) mass is 527 g/mol. The molecule has 152 valence electrons. The number of hydrogen-bond donors (Lipinski definition) is 3. The molecule has 4 N–H and O–H groups in total. The van der Waals surface area contributed by atoms with Gasteiger partial charge in [-0.1, -0.05) is 29.3 Å². The van der Waals surface area contributed by atoms with Crippen LogP contribution in [0.2, 0.25) is 10.0 Å². The largest absolute Gasteiger partial charge is 0.369 e. The van der Waals surface area contributed by atoms with Crippen LogP contribution in [-0.2, 0) is 11.2 Å². The van der Waals surface area contributed by atoms with Crippen molar-refractivity contribution >= 4 is 59.0 Å². The molecule has 1 saturated heterocycles. The first kappa shape index (κ1) is 24.3. The van der Waals surface area contributed by atoms with Gasteiger partial charge in [0.1, 0.15) is 0 Å². The van der Waals surface area contributed by atoms with Gasteiger partial charge in [0.25, 0.3) is 0 Å². The number of halogens is 3. The Labute approximate surface area is 188 Å². The molecular formula is C18H28Cl2IN5O. The number of piperidine rings is 1. The highest BCUT2D eigenvalue weighted by Crippen LogP contribution is 2.21. The number of likely N-dealkylation sites (tertiary alicyclic amines) is 1. The van der Waals surface area contributed by atoms with E-state index in [1.807, 2.05) is 12.1 Å². The van der Waals surface area contributed by atoms with Crippen LogP contribution in [0.25, 0.3) is 0 Å². The number of primary amides is 1. The second kappa shape index (κ2) is 12.6. The Hall–Kier alpha value is -0.770. The number of guanidine groups is 1. The van der Waals surface area contributed by atoms with Crippen LogP contribution in [0.1, 0.15) is 24.8 Å². The molecule has 6 nitrogen and oxygen atoms in total. The van der Waals surface area contributed by atoms with Crippen LogP contribution in [0.15, 0.2) is 23.2 Å². The normalized spacial score (nSPS) is 15.9. The molecule has 1 aliphatic heterocycles. The molecule has 0 aromatic heterocycles. The molecule has 0 unspecified atom stereocenters. The van der Waals surface area contributed by atoms with Gasteiger partial charge in [0.2, 0.25) is 5.91 Å². The number of carbonyl (C=O) groups is 1. The molecule has 0 saturated carbocycles. The van der Waals surface area contributed by atoms with E-state index in [0.717, 1.165) is 56.8 Å². The Bertz CT molecular complexity index is 636. The van der Waals surface area contributed by atoms with E-state index in [0.29, 0.717) is 22.6 Å². The number of rotatable bonds is 7. The van der Waals surface area contributed by atoms with E-state index in [2.05, 4.69) is 20.5 Å². The Morgan fingerprint density at radius 2 is 2.04 bits per heavy atom. The van der Waals surface area contributed by atoms with E-state index >= 15 is 0 Å². The number of aryl methyl sites for hydroxylation is 1. The maximum absolute atomic E-state index is 11.0. The third-order valence-electron chi connectivity index (χ3n) is 4.46. The average molecular weight is 528 g/mol. The van der Waals surface area contributed by atoms with Gasteiger partial charge in [-0.05, 0) is 43.4 Å². The summed E-state index contributed by atoms with van der Waals surface area (Å²) in [6.07, 6.45) is 3.76. The molecular weight excluding hydrogens is 500 g/mol. The minimum Gasteiger partial charge on any atom is -0.369 e. The summed E-state index contributed by atoms with van der Waals surface area (Å²) in [5, 5.41) is 8.16. The highest BCUT2D eigenvalue weighted by Gasteiger charge is 2.20. The van der Waals surface area contributed by atoms with Crippen molar-refractivity contribution in [2.45, 2.75) is 31.7 Å². The molecule has 0 aliphatic carbocycles. The number of nitrogens with zero attached hydrogens (tertiary/aromatic N) is 2. The molecule has 1 heterocycles. The lowest BCUT2D eigenvalue weighted by Gasteiger charge is -2.32. The average Bonchev–Trinajstić information content (AvgIpc) is 2.60. The molecule has 1 aromatic carbocycles. The van der Waals surface area contributed by atoms with E-state index in [-0.39, 0.29) is 29.9 Å². The van der Waals surface area contributed by atoms with Crippen LogP contribution in [0, 0.1) is 0 Å². The zero-order valence-corrected chi connectivity index (χ0v) is 19.4. The van der Waals surface area contributed by atoms with Gasteiger partial charge in [-0.25, -0.2) is 0 Å². The smallest absolute Gasteiger partial charge is 0.231 e. The molecule has 2 rings (SSSR count). The fourth-order valence-electron chi connectivity index (χ4n) is 3.05. The number of nitrogens with one attached hydrogen (secondary N) is 2. The molecule has 1 amide bonds. The summed E-state index contributed by atoms with van der Waals surface area (Å²) in [5.41, 5.74) is 6.35. The van der Waals surface area contributed by atoms with Crippen molar-refractivity contribution in [3.63, 3.8) is 0 Å². The van der Waals surface area contributed by atoms with Gasteiger partial charge in [-0.2, -0.15) is 0 Å². The van der Waals surface area contributed by atoms with Crippen molar-refractivity contribution in [3.05, 3.63) is 33.8 Å². The van der Waals surface area contributed by atoms with Gasteiger partial charge in [0.05, 0.1) is 6.54 Å². The minimum absolute atomic E-state index is 0. The summed E-state index contributed by atoms with van der Waals surface area (Å²) in [5.74, 6) is 0.537. The standard InChI is InChI=1S/C18H27Cl2N5O.HI/c1-22-18(24-15-6-9-25(10-7-15)12-17(21)26)23-8-2-3-13-4-5-14(19)11-16(13)20;/h4-5,11,15H,2-3,6-10,12H2,1H3,(H2,21,26)(H2,22,23,24);1H. The van der Waals surface area contributed by atoms with Crippen LogP contribution in [0.3, 0.4) is 0 Å². The van der Waals surface area contributed by atoms with E-state index in [9.17, 15) is 4.79 Å². The van der Waals surface area contributed by atoms with Gasteiger partial charge in [0.15, 0.2) is 5.96 Å². The van der Waals surface area contributed by atoms with Crippen LogP contribution in [0.4, 0.5) is 0 Å². The second-order valence-electron chi connectivity index (χ2n) is 6.50. The Morgan fingerprint density at radius 1 is 1.33 bits per heavy atom. The molecule has 9 heteroatoms. The minimum atomic E-state index is -0.269. The fourth-order valence-corrected chi connectivity index (χ4v) is 3.56. The molecule has 1 fully saturated rings. The first-order chi connectivity index (χ1) is 12.5. The Kier molecular flexibility index (Phi) is 11.4. The molecule has 0 atom stereocenters. The maximum Gasteiger partial charge on any atom is 0.231 e. The van der Waals surface area contributed by atoms with Crippen molar-refractivity contribution in [1.29, 1.82) is 0 Å². The molecule has 0 radical (unpaired) electrons. The van der Waals surface area contributed by atoms with Crippen LogP contribution < -0.4 is 16.4 Å². The summed E-state index contributed by atoms with van der Waals surface area (Å²) in [6, 6.07) is 5.96. The quantitative estimate of drug-likeness (QED) is 0.220. The van der Waals surface area contributed by atoms with Gasteiger partial charge in [0, 0.05) is 42.8 Å². The van der Waals surface area contributed by atoms with Gasteiger partial charge >= 0.3 is 0 Å². The lowest BCUT2D eigenvalue weighted by Crippen LogP contribution is -2.49. The lowest BCUT2D eigenvalue weighted by atomic mass is 10.1. The van der Waals surface area contributed by atoms with Crippen molar-refractivity contribution in [1.82, 2.24) is 15.5 Å². The molecule has 1 aliphatic rings. The summed E-state index contributed by atoms with van der Waals surface area (Å²) in [4.78, 5) is 17.4. The number of hydrogen-bond acceptors (Lipinski definition) is 3. The van der Waals surface area contributed by atoms with E-state index in [1.165, 1.54) is 0 Å². The summed E-state index contributed by atoms with van der Waals surface area (Å²) in [6.45, 7) is 2.88. The lowest BCUT2D eigenvalue weighted by molar-refractivity contribution is -0.119. The van der Waals surface area contributed by atoms with E-state index in [4.69, 9.17) is 28.9 Å². The number of benzene rings is 1. The van der Waals surface area contributed by atoms with Crippen LogP contribution in [-0.4, -0.2) is 56.0 Å². The van der Waals surface area contributed by atoms with Crippen molar-refractivity contribution < 1.29 is 4.79 Å². The first-order valence-electron chi connectivity index (χ1n) is 8.89.